The van der Waals surface area contributed by atoms with E-state index >= 15 is 0 Å². The molecule has 4 fully saturated rings. The minimum atomic E-state index is -0.194. The molecule has 7 nitrogen and oxygen atoms in total. The second kappa shape index (κ2) is 7.69. The number of hydrogen-bond donors (Lipinski definition) is 3. The number of amides is 2. The van der Waals surface area contributed by atoms with Crippen LogP contribution in [0.15, 0.2) is 24.4 Å². The Morgan fingerprint density at radius 1 is 1.10 bits per heavy atom. The van der Waals surface area contributed by atoms with Gasteiger partial charge in [0.05, 0.1) is 18.7 Å². The van der Waals surface area contributed by atoms with E-state index in [-0.39, 0.29) is 31.4 Å². The average molecular weight is 411 g/mol. The van der Waals surface area contributed by atoms with Crippen LogP contribution in [0.1, 0.15) is 54.7 Å². The lowest BCUT2D eigenvalue weighted by Crippen LogP contribution is -2.51. The molecule has 4 bridgehead atoms. The second-order valence-electron chi connectivity index (χ2n) is 9.72. The molecule has 4 aliphatic rings. The molecular formula is C23H30N4O3. The molecule has 2 amide bonds. The summed E-state index contributed by atoms with van der Waals surface area (Å²) in [6, 6.07) is 5.47. The number of aliphatic hydroxyl groups is 1. The maximum absolute atomic E-state index is 13.1. The number of aromatic nitrogens is 2. The van der Waals surface area contributed by atoms with Gasteiger partial charge in [0.2, 0.25) is 5.91 Å². The molecule has 0 aliphatic heterocycles. The Hall–Kier alpha value is -2.41. The number of imidazole rings is 1. The summed E-state index contributed by atoms with van der Waals surface area (Å²) in [7, 11) is 0. The van der Waals surface area contributed by atoms with Crippen molar-refractivity contribution < 1.29 is 14.7 Å². The fourth-order valence-corrected chi connectivity index (χ4v) is 6.62. The third-order valence-electron chi connectivity index (χ3n) is 7.34. The van der Waals surface area contributed by atoms with Crippen LogP contribution in [-0.2, 0) is 11.2 Å². The highest BCUT2D eigenvalue weighted by atomic mass is 16.3. The Balaban J connectivity index is 1.28. The number of nitrogens with zero attached hydrogens (tertiary/aromatic N) is 2. The minimum Gasteiger partial charge on any atom is -0.395 e. The van der Waals surface area contributed by atoms with Crippen molar-refractivity contribution in [3.63, 3.8) is 0 Å². The smallest absolute Gasteiger partial charge is 0.268 e. The van der Waals surface area contributed by atoms with E-state index in [1.54, 1.807) is 16.7 Å². The number of hydrogen-bond acceptors (Lipinski definition) is 4. The van der Waals surface area contributed by atoms with Crippen LogP contribution in [-0.4, -0.2) is 46.0 Å². The summed E-state index contributed by atoms with van der Waals surface area (Å²) in [5.74, 6) is 2.32. The zero-order valence-corrected chi connectivity index (χ0v) is 17.3. The Morgan fingerprint density at radius 3 is 2.47 bits per heavy atom. The molecule has 160 valence electrons. The summed E-state index contributed by atoms with van der Waals surface area (Å²) >= 11 is 0. The molecule has 0 aromatic carbocycles. The quantitative estimate of drug-likeness (QED) is 0.650. The molecule has 4 aliphatic carbocycles. The first-order chi connectivity index (χ1) is 14.5. The summed E-state index contributed by atoms with van der Waals surface area (Å²) in [5.41, 5.74) is 2.10. The zero-order chi connectivity index (χ0) is 20.7. The highest BCUT2D eigenvalue weighted by Crippen LogP contribution is 2.59. The van der Waals surface area contributed by atoms with Gasteiger partial charge in [-0.05, 0) is 73.8 Å². The summed E-state index contributed by atoms with van der Waals surface area (Å²) in [4.78, 5) is 29.5. The van der Waals surface area contributed by atoms with Gasteiger partial charge in [-0.3, -0.25) is 14.0 Å². The molecule has 0 unspecified atom stereocenters. The SMILES string of the molecule is O=C(Cc1cn2c(C(=O)NCC34CC5CC(CC(C5)C3)C4)cccc2n1)NCCO. The van der Waals surface area contributed by atoms with Crippen LogP contribution in [0.4, 0.5) is 0 Å². The third kappa shape index (κ3) is 3.71. The van der Waals surface area contributed by atoms with Gasteiger partial charge in [-0.2, -0.15) is 0 Å². The zero-order valence-electron chi connectivity index (χ0n) is 17.3. The highest BCUT2D eigenvalue weighted by Gasteiger charge is 2.50. The van der Waals surface area contributed by atoms with E-state index in [0.29, 0.717) is 22.5 Å². The van der Waals surface area contributed by atoms with Crippen LogP contribution in [0.3, 0.4) is 0 Å². The molecule has 3 N–H and O–H groups in total. The van der Waals surface area contributed by atoms with Crippen LogP contribution in [0.5, 0.6) is 0 Å². The van der Waals surface area contributed by atoms with E-state index in [1.807, 2.05) is 12.1 Å². The Labute approximate surface area is 176 Å². The van der Waals surface area contributed by atoms with Gasteiger partial charge in [-0.25, -0.2) is 4.98 Å². The number of rotatable bonds is 7. The van der Waals surface area contributed by atoms with Gasteiger partial charge in [0.15, 0.2) is 0 Å². The van der Waals surface area contributed by atoms with Crippen molar-refractivity contribution in [2.75, 3.05) is 19.7 Å². The Kier molecular flexibility index (Phi) is 5.01. The topological polar surface area (TPSA) is 95.7 Å². The van der Waals surface area contributed by atoms with Crippen LogP contribution < -0.4 is 10.6 Å². The minimum absolute atomic E-state index is 0.0787. The first-order valence-electron chi connectivity index (χ1n) is 11.2. The number of aliphatic hydroxyl groups excluding tert-OH is 1. The van der Waals surface area contributed by atoms with E-state index in [1.165, 1.54) is 38.5 Å². The fourth-order valence-electron chi connectivity index (χ4n) is 6.62. The summed E-state index contributed by atoms with van der Waals surface area (Å²) in [6.07, 6.45) is 9.87. The normalized spacial score (nSPS) is 29.3. The van der Waals surface area contributed by atoms with Crippen LogP contribution in [0.2, 0.25) is 0 Å². The third-order valence-corrected chi connectivity index (χ3v) is 7.34. The predicted molar refractivity (Wildman–Crippen MR) is 112 cm³/mol. The van der Waals surface area contributed by atoms with E-state index < -0.39 is 0 Å². The van der Waals surface area contributed by atoms with Crippen LogP contribution in [0, 0.1) is 23.2 Å². The molecule has 2 aromatic rings. The number of pyridine rings is 1. The molecular weight excluding hydrogens is 380 g/mol. The van der Waals surface area contributed by atoms with Gasteiger partial charge >= 0.3 is 0 Å². The number of carbonyl (C=O) groups excluding carboxylic acids is 2. The van der Waals surface area contributed by atoms with Crippen molar-refractivity contribution in [2.45, 2.75) is 44.9 Å². The van der Waals surface area contributed by atoms with Crippen molar-refractivity contribution in [1.29, 1.82) is 0 Å². The van der Waals surface area contributed by atoms with Crippen molar-refractivity contribution >= 4 is 17.5 Å². The highest BCUT2D eigenvalue weighted by molar-refractivity contribution is 5.93. The lowest BCUT2D eigenvalue weighted by Gasteiger charge is -2.56. The molecule has 0 atom stereocenters. The number of nitrogens with one attached hydrogen (secondary N) is 2. The van der Waals surface area contributed by atoms with Crippen molar-refractivity contribution in [1.82, 2.24) is 20.0 Å². The molecule has 6 rings (SSSR count). The van der Waals surface area contributed by atoms with E-state index in [9.17, 15) is 9.59 Å². The van der Waals surface area contributed by atoms with Crippen molar-refractivity contribution in [3.05, 3.63) is 35.8 Å². The first-order valence-corrected chi connectivity index (χ1v) is 11.2. The molecule has 4 saturated carbocycles. The average Bonchev–Trinajstić information content (AvgIpc) is 3.12. The van der Waals surface area contributed by atoms with Crippen LogP contribution in [0.25, 0.3) is 5.65 Å². The van der Waals surface area contributed by atoms with Gasteiger partial charge < -0.3 is 15.7 Å². The second-order valence-corrected chi connectivity index (χ2v) is 9.72. The lowest BCUT2D eigenvalue weighted by atomic mass is 9.49. The number of carbonyl (C=O) groups is 2. The van der Waals surface area contributed by atoms with E-state index in [0.717, 1.165) is 24.3 Å². The van der Waals surface area contributed by atoms with Gasteiger partial charge in [-0.15, -0.1) is 0 Å². The fraction of sp³-hybridized carbons (Fsp3) is 0.609. The summed E-state index contributed by atoms with van der Waals surface area (Å²) in [6.45, 7) is 0.895. The predicted octanol–water partition coefficient (Wildman–Crippen LogP) is 1.93. The Morgan fingerprint density at radius 2 is 1.80 bits per heavy atom. The molecule has 0 saturated heterocycles. The van der Waals surface area contributed by atoms with Crippen molar-refractivity contribution in [2.24, 2.45) is 23.2 Å². The number of fused-ring (bicyclic) bond motifs is 1. The lowest BCUT2D eigenvalue weighted by molar-refractivity contribution is -0.120. The largest absolute Gasteiger partial charge is 0.395 e. The van der Waals surface area contributed by atoms with E-state index in [4.69, 9.17) is 5.11 Å². The molecule has 0 radical (unpaired) electrons. The first kappa shape index (κ1) is 19.5. The van der Waals surface area contributed by atoms with E-state index in [2.05, 4.69) is 15.6 Å². The summed E-state index contributed by atoms with van der Waals surface area (Å²) < 4.78 is 1.77. The van der Waals surface area contributed by atoms with Gasteiger partial charge in [0.1, 0.15) is 11.3 Å². The molecule has 30 heavy (non-hydrogen) atoms. The van der Waals surface area contributed by atoms with Gasteiger partial charge in [0.25, 0.3) is 5.91 Å². The monoisotopic (exact) mass is 410 g/mol. The standard InChI is InChI=1S/C23H30N4O3/c28-5-4-24-21(29)9-18-13-27-19(2-1-3-20(27)26-18)22(30)25-14-23-10-15-6-16(11-23)8-17(7-15)12-23/h1-3,13,15-17,28H,4-12,14H2,(H,24,29)(H,25,30). The molecule has 7 heteroatoms. The molecule has 2 aromatic heterocycles. The van der Waals surface area contributed by atoms with Gasteiger partial charge in [0, 0.05) is 19.3 Å². The molecule has 0 spiro atoms. The summed E-state index contributed by atoms with van der Waals surface area (Å²) in [5, 5.41) is 14.7. The maximum Gasteiger partial charge on any atom is 0.268 e. The Bertz CT molecular complexity index is 931. The van der Waals surface area contributed by atoms with Crippen LogP contribution >= 0.6 is 0 Å². The molecule has 2 heterocycles. The van der Waals surface area contributed by atoms with Crippen molar-refractivity contribution in [3.8, 4) is 0 Å². The van der Waals surface area contributed by atoms with Gasteiger partial charge in [-0.1, -0.05) is 6.07 Å². The maximum atomic E-state index is 13.1.